The third kappa shape index (κ3) is 8.73. The molecule has 5 rings (SSSR count). The van der Waals surface area contributed by atoms with E-state index in [2.05, 4.69) is 25.5 Å². The van der Waals surface area contributed by atoms with Crippen LogP contribution in [0.3, 0.4) is 0 Å². The molecule has 230 valence electrons. The first-order valence-electron chi connectivity index (χ1n) is 13.0. The lowest BCUT2D eigenvalue weighted by molar-refractivity contribution is 0.102. The number of pyridine rings is 1. The van der Waals surface area contributed by atoms with E-state index >= 15 is 0 Å². The molecule has 0 saturated heterocycles. The summed E-state index contributed by atoms with van der Waals surface area (Å²) in [6.07, 6.45) is 7.60. The number of benzene rings is 1. The van der Waals surface area contributed by atoms with Gasteiger partial charge in [-0.2, -0.15) is 16.8 Å². The second kappa shape index (κ2) is 12.7. The molecule has 1 amide bonds. The van der Waals surface area contributed by atoms with E-state index in [1.807, 2.05) is 36.1 Å². The number of aryl methyl sites for hydroxylation is 1. The zero-order chi connectivity index (χ0) is 31.5. The number of carbonyl (C=O) groups excluding carboxylic acids is 1. The van der Waals surface area contributed by atoms with Crippen molar-refractivity contribution < 1.29 is 35.1 Å². The highest BCUT2D eigenvalue weighted by molar-refractivity contribution is 7.89. The average Bonchev–Trinajstić information content (AvgIpc) is 3.42. The van der Waals surface area contributed by atoms with Crippen LogP contribution in [-0.4, -0.2) is 72.7 Å². The molecule has 1 aliphatic rings. The highest BCUT2D eigenvalue weighted by Crippen LogP contribution is 2.39. The van der Waals surface area contributed by atoms with Gasteiger partial charge in [0, 0.05) is 18.2 Å². The van der Waals surface area contributed by atoms with Crippen molar-refractivity contribution in [2.24, 2.45) is 0 Å². The van der Waals surface area contributed by atoms with Gasteiger partial charge >= 0.3 is 0 Å². The molecule has 43 heavy (non-hydrogen) atoms. The minimum atomic E-state index is -4.30. The predicted octanol–water partition coefficient (Wildman–Crippen LogP) is 3.45. The Hall–Kier alpha value is -4.06. The molecule has 3 aromatic heterocycles. The molecule has 1 aromatic carbocycles. The van der Waals surface area contributed by atoms with Gasteiger partial charge in [-0.15, -0.1) is 10.2 Å². The highest BCUT2D eigenvalue weighted by atomic mass is 32.2. The topological polar surface area (TPSA) is 199 Å². The fraction of sp³-hybridized carbons (Fsp3) is 0.346. The van der Waals surface area contributed by atoms with Crippen LogP contribution in [0.1, 0.15) is 60.3 Å². The van der Waals surface area contributed by atoms with Crippen molar-refractivity contribution in [3.8, 4) is 17.2 Å². The standard InChI is InChI=1S/C24H24FN7O.C2H6O6S2/c1-14(2)32-13-27-30-23(32)19-5-4-6-22(28-19)29-24(33)17-10-21(15(3)9-18(17)25)31-11-20(26-12-31)16-7-8-16;3-9(4,5)1-2-10(6,7)8/h4-6,9-14,16H,7-8H2,1-3H3,(H,28,29,33);1-2H2,(H,3,4,5)(H,6,7,8). The van der Waals surface area contributed by atoms with Crippen molar-refractivity contribution in [2.45, 2.75) is 45.6 Å². The van der Waals surface area contributed by atoms with E-state index in [0.717, 1.165) is 24.1 Å². The molecule has 17 heteroatoms. The molecule has 14 nitrogen and oxygen atoms in total. The van der Waals surface area contributed by atoms with Gasteiger partial charge in [-0.1, -0.05) is 6.07 Å². The highest BCUT2D eigenvalue weighted by Gasteiger charge is 2.26. The molecule has 0 radical (unpaired) electrons. The van der Waals surface area contributed by atoms with Crippen molar-refractivity contribution in [1.29, 1.82) is 0 Å². The molecule has 0 unspecified atom stereocenters. The number of aromatic nitrogens is 6. The van der Waals surface area contributed by atoms with Gasteiger partial charge in [0.05, 0.1) is 34.8 Å². The normalized spacial score (nSPS) is 13.5. The maximum Gasteiger partial charge on any atom is 0.265 e. The Morgan fingerprint density at radius 2 is 1.77 bits per heavy atom. The van der Waals surface area contributed by atoms with Gasteiger partial charge in [0.15, 0.2) is 5.82 Å². The average molecular weight is 636 g/mol. The molecule has 0 spiro atoms. The van der Waals surface area contributed by atoms with Crippen molar-refractivity contribution in [1.82, 2.24) is 29.3 Å². The number of nitrogens with zero attached hydrogens (tertiary/aromatic N) is 6. The number of anilines is 1. The molecule has 4 aromatic rings. The Labute approximate surface area is 247 Å². The first kappa shape index (κ1) is 31.9. The van der Waals surface area contributed by atoms with Crippen molar-refractivity contribution in [3.05, 3.63) is 71.8 Å². The number of rotatable bonds is 9. The molecule has 0 bridgehead atoms. The maximum atomic E-state index is 14.8. The largest absolute Gasteiger partial charge is 0.310 e. The fourth-order valence-corrected chi connectivity index (χ4v) is 5.69. The van der Waals surface area contributed by atoms with Crippen LogP contribution in [0.4, 0.5) is 10.2 Å². The van der Waals surface area contributed by atoms with Crippen LogP contribution in [0.2, 0.25) is 0 Å². The Kier molecular flexibility index (Phi) is 9.38. The SMILES string of the molecule is Cc1cc(F)c(C(=O)Nc2cccc(-c3nncn3C(C)C)n2)cc1-n1cnc(C2CC2)c1.O=S(=O)(O)CCS(=O)(=O)O. The minimum Gasteiger partial charge on any atom is -0.310 e. The lowest BCUT2D eigenvalue weighted by Gasteiger charge is -2.12. The minimum absolute atomic E-state index is 0.0603. The second-order valence-electron chi connectivity index (χ2n) is 10.2. The van der Waals surface area contributed by atoms with Crippen LogP contribution in [0, 0.1) is 12.7 Å². The summed E-state index contributed by atoms with van der Waals surface area (Å²) in [6.45, 7) is 5.85. The summed E-state index contributed by atoms with van der Waals surface area (Å²) in [5.74, 6) is -1.72. The van der Waals surface area contributed by atoms with E-state index in [1.165, 1.54) is 6.07 Å². The third-order valence-electron chi connectivity index (χ3n) is 6.36. The van der Waals surface area contributed by atoms with Gasteiger partial charge in [0.2, 0.25) is 0 Å². The van der Waals surface area contributed by atoms with Crippen LogP contribution >= 0.6 is 0 Å². The number of hydrogen-bond acceptors (Lipinski definition) is 9. The summed E-state index contributed by atoms with van der Waals surface area (Å²) in [5.41, 5.74) is 2.97. The van der Waals surface area contributed by atoms with Gasteiger partial charge in [-0.05, 0) is 63.4 Å². The third-order valence-corrected chi connectivity index (χ3v) is 8.05. The predicted molar refractivity (Wildman–Crippen MR) is 155 cm³/mol. The lowest BCUT2D eigenvalue weighted by atomic mass is 10.1. The molecule has 0 atom stereocenters. The summed E-state index contributed by atoms with van der Waals surface area (Å²) < 4.78 is 73.9. The molecule has 1 saturated carbocycles. The van der Waals surface area contributed by atoms with Gasteiger partial charge < -0.3 is 14.5 Å². The number of imidazole rings is 1. The monoisotopic (exact) mass is 635 g/mol. The summed E-state index contributed by atoms with van der Waals surface area (Å²) in [6, 6.07) is 8.29. The molecular weight excluding hydrogens is 605 g/mol. The smallest absolute Gasteiger partial charge is 0.265 e. The van der Waals surface area contributed by atoms with E-state index in [9.17, 15) is 26.0 Å². The molecular formula is C26H30FN7O7S2. The number of halogens is 1. The lowest BCUT2D eigenvalue weighted by Crippen LogP contribution is -2.16. The molecule has 0 aliphatic heterocycles. The maximum absolute atomic E-state index is 14.8. The molecule has 1 fully saturated rings. The van der Waals surface area contributed by atoms with Gasteiger partial charge in [-0.25, -0.2) is 14.4 Å². The Bertz CT molecular complexity index is 1820. The Morgan fingerprint density at radius 3 is 2.37 bits per heavy atom. The van der Waals surface area contributed by atoms with Gasteiger partial charge in [0.1, 0.15) is 23.7 Å². The number of carbonyl (C=O) groups is 1. The van der Waals surface area contributed by atoms with E-state index < -0.39 is 43.5 Å². The van der Waals surface area contributed by atoms with E-state index in [4.69, 9.17) is 9.11 Å². The quantitative estimate of drug-likeness (QED) is 0.228. The van der Waals surface area contributed by atoms with E-state index in [0.29, 0.717) is 28.9 Å². The first-order chi connectivity index (χ1) is 20.1. The Morgan fingerprint density at radius 1 is 1.09 bits per heavy atom. The van der Waals surface area contributed by atoms with E-state index in [-0.39, 0.29) is 11.6 Å². The van der Waals surface area contributed by atoms with Gasteiger partial charge in [-0.3, -0.25) is 13.9 Å². The first-order valence-corrected chi connectivity index (χ1v) is 16.3. The molecule has 3 N–H and O–H groups in total. The number of amides is 1. The second-order valence-corrected chi connectivity index (χ2v) is 13.3. The fourth-order valence-electron chi connectivity index (χ4n) is 4.00. The van der Waals surface area contributed by atoms with Crippen molar-refractivity contribution in [2.75, 3.05) is 16.8 Å². The van der Waals surface area contributed by atoms with Crippen LogP contribution in [0.15, 0.2) is 49.2 Å². The summed E-state index contributed by atoms with van der Waals surface area (Å²) in [5, 5.41) is 10.8. The summed E-state index contributed by atoms with van der Waals surface area (Å²) >= 11 is 0. The van der Waals surface area contributed by atoms with Crippen LogP contribution in [-0.2, 0) is 20.2 Å². The summed E-state index contributed by atoms with van der Waals surface area (Å²) in [4.78, 5) is 21.9. The molecule has 1 aliphatic carbocycles. The molecule has 3 heterocycles. The number of nitrogens with one attached hydrogen (secondary N) is 1. The van der Waals surface area contributed by atoms with Crippen LogP contribution in [0.25, 0.3) is 17.2 Å². The summed E-state index contributed by atoms with van der Waals surface area (Å²) in [7, 11) is -8.59. The zero-order valence-electron chi connectivity index (χ0n) is 23.4. The van der Waals surface area contributed by atoms with Crippen molar-refractivity contribution in [3.63, 3.8) is 0 Å². The van der Waals surface area contributed by atoms with Crippen LogP contribution in [0.5, 0.6) is 0 Å². The van der Waals surface area contributed by atoms with E-state index in [1.54, 1.807) is 36.9 Å². The van der Waals surface area contributed by atoms with Crippen LogP contribution < -0.4 is 5.32 Å². The van der Waals surface area contributed by atoms with Gasteiger partial charge in [0.25, 0.3) is 26.1 Å². The Balaban J connectivity index is 0.000000365. The number of hydrogen-bond donors (Lipinski definition) is 3. The van der Waals surface area contributed by atoms with Crippen molar-refractivity contribution >= 4 is 32.0 Å². The zero-order valence-corrected chi connectivity index (χ0v) is 25.0.